The van der Waals surface area contributed by atoms with Crippen LogP contribution in [0.25, 0.3) is 0 Å². The van der Waals surface area contributed by atoms with E-state index in [1.54, 1.807) is 64.5 Å². The van der Waals surface area contributed by atoms with Gasteiger partial charge >= 0.3 is 51.4 Å². The van der Waals surface area contributed by atoms with Gasteiger partial charge in [0.1, 0.15) is 11.5 Å². The Morgan fingerprint density at radius 3 is 2.65 bits per heavy atom. The quantitative estimate of drug-likeness (QED) is 0.0894. The standard InChI is InChI=1S/C25H27ClN4O7S2.K/c1-17(31)36-14-13-29-19(24(32)30(25(29)38)22-6-2-3-11-27-22)8-10-23-28(12-4-5-15-39(33,34)35)20-16-18(26)7-9-21(20)37-23;/h2-3,6-11,16-17,31H,4-5,12-15H2,1H3,(H,33,34,35);/q;+1/p-1. The van der Waals surface area contributed by atoms with Crippen LogP contribution < -0.4 is 65.9 Å². The van der Waals surface area contributed by atoms with Gasteiger partial charge in [-0.2, -0.15) is 0 Å². The maximum absolute atomic E-state index is 13.5. The van der Waals surface area contributed by atoms with E-state index in [1.165, 1.54) is 11.8 Å². The maximum atomic E-state index is 13.5. The molecule has 208 valence electrons. The number of allylic oxidation sites excluding steroid dienone is 2. The topological polar surface area (TPSA) is 136 Å². The van der Waals surface area contributed by atoms with Gasteiger partial charge in [0.15, 0.2) is 17.2 Å². The van der Waals surface area contributed by atoms with Gasteiger partial charge in [-0.15, -0.1) is 0 Å². The number of aromatic nitrogens is 1. The fraction of sp³-hybridized carbons (Fsp3) is 0.320. The maximum Gasteiger partial charge on any atom is 1.00 e. The molecule has 11 nitrogen and oxygen atoms in total. The number of halogens is 1. The number of hydrogen-bond acceptors (Lipinski definition) is 10. The number of anilines is 2. The van der Waals surface area contributed by atoms with E-state index in [0.717, 1.165) is 0 Å². The molecule has 1 fully saturated rings. The van der Waals surface area contributed by atoms with Gasteiger partial charge in [-0.25, -0.2) is 18.3 Å². The van der Waals surface area contributed by atoms with Crippen molar-refractivity contribution in [3.63, 3.8) is 0 Å². The third-order valence-corrected chi connectivity index (χ3v) is 7.22. The van der Waals surface area contributed by atoms with E-state index in [-0.39, 0.29) is 81.8 Å². The fourth-order valence-electron chi connectivity index (χ4n) is 4.05. The summed E-state index contributed by atoms with van der Waals surface area (Å²) in [7, 11) is -4.32. The molecule has 3 heterocycles. The Balaban J connectivity index is 0.00000441. The number of nitrogens with zero attached hydrogens (tertiary/aromatic N) is 4. The van der Waals surface area contributed by atoms with E-state index in [4.69, 9.17) is 33.3 Å². The van der Waals surface area contributed by atoms with E-state index >= 15 is 0 Å². The van der Waals surface area contributed by atoms with Crippen LogP contribution in [0, 0.1) is 0 Å². The normalized spacial score (nSPS) is 17.9. The Bertz CT molecular complexity index is 1410. The van der Waals surface area contributed by atoms with Crippen LogP contribution in [0.5, 0.6) is 5.75 Å². The van der Waals surface area contributed by atoms with Crippen molar-refractivity contribution in [3.05, 3.63) is 71.3 Å². The number of ether oxygens (including phenoxy) is 2. The molecule has 1 saturated heterocycles. The molecule has 2 aliphatic rings. The summed E-state index contributed by atoms with van der Waals surface area (Å²) in [6.45, 7) is 2.12. The largest absolute Gasteiger partial charge is 1.00 e. The number of amides is 1. The number of pyridine rings is 1. The molecule has 1 aromatic heterocycles. The summed E-state index contributed by atoms with van der Waals surface area (Å²) in [6.07, 6.45) is 4.32. The molecule has 1 N–H and O–H groups in total. The zero-order valence-corrected chi connectivity index (χ0v) is 27.4. The first-order valence-electron chi connectivity index (χ1n) is 12.0. The van der Waals surface area contributed by atoms with E-state index < -0.39 is 28.1 Å². The Morgan fingerprint density at radius 1 is 1.20 bits per heavy atom. The predicted octanol–water partition coefficient (Wildman–Crippen LogP) is -0.0229. The zero-order chi connectivity index (χ0) is 28.2. The summed E-state index contributed by atoms with van der Waals surface area (Å²) in [5.74, 6) is 0.398. The fourth-order valence-corrected chi connectivity index (χ4v) is 5.14. The van der Waals surface area contributed by atoms with Crippen LogP contribution in [0.3, 0.4) is 0 Å². The molecule has 1 atom stereocenters. The average Bonchev–Trinajstić information content (AvgIpc) is 3.33. The third kappa shape index (κ3) is 8.32. The minimum atomic E-state index is -4.32. The number of thiocarbonyl (C=S) groups is 1. The molecule has 0 radical (unpaired) electrons. The van der Waals surface area contributed by atoms with Gasteiger partial charge in [-0.05, 0) is 68.4 Å². The smallest absolute Gasteiger partial charge is 0.748 e. The second kappa shape index (κ2) is 14.6. The molecule has 1 unspecified atom stereocenters. The van der Waals surface area contributed by atoms with E-state index in [2.05, 4.69) is 4.98 Å². The molecule has 4 rings (SSSR count). The van der Waals surface area contributed by atoms with Crippen LogP contribution in [0.15, 0.2) is 66.3 Å². The van der Waals surface area contributed by atoms with Crippen molar-refractivity contribution in [1.82, 2.24) is 9.88 Å². The number of aliphatic hydroxyl groups excluding tert-OH is 1. The van der Waals surface area contributed by atoms with Gasteiger partial charge in [-0.3, -0.25) is 4.79 Å². The van der Waals surface area contributed by atoms with E-state index in [0.29, 0.717) is 41.1 Å². The Morgan fingerprint density at radius 2 is 1.98 bits per heavy atom. The first-order valence-corrected chi connectivity index (χ1v) is 14.4. The minimum Gasteiger partial charge on any atom is -0.748 e. The zero-order valence-electron chi connectivity index (χ0n) is 21.9. The second-order valence-corrected chi connectivity index (χ2v) is 10.9. The molecule has 0 aliphatic carbocycles. The van der Waals surface area contributed by atoms with Crippen LogP contribution in [0.4, 0.5) is 11.5 Å². The molecule has 2 aliphatic heterocycles. The van der Waals surface area contributed by atoms with Crippen LogP contribution in [0.2, 0.25) is 5.02 Å². The summed E-state index contributed by atoms with van der Waals surface area (Å²) in [5, 5.41) is 10.2. The number of carbonyl (C=O) groups excluding carboxylic acids is 1. The minimum absolute atomic E-state index is 0. The summed E-state index contributed by atoms with van der Waals surface area (Å²) < 4.78 is 44.3. The van der Waals surface area contributed by atoms with E-state index in [9.17, 15) is 22.9 Å². The van der Waals surface area contributed by atoms with Gasteiger partial charge in [0.05, 0.1) is 22.4 Å². The van der Waals surface area contributed by atoms with Crippen molar-refractivity contribution in [2.45, 2.75) is 26.1 Å². The van der Waals surface area contributed by atoms with Crippen LogP contribution in [-0.2, 0) is 19.6 Å². The summed E-state index contributed by atoms with van der Waals surface area (Å²) in [5.41, 5.74) is 0.907. The monoisotopic (exact) mass is 632 g/mol. The molecule has 1 aromatic carbocycles. The van der Waals surface area contributed by atoms with Crippen molar-refractivity contribution in [2.75, 3.05) is 35.2 Å². The number of hydrogen-bond donors (Lipinski definition) is 1. The Hall–Kier alpha value is -1.43. The predicted molar refractivity (Wildman–Crippen MR) is 148 cm³/mol. The van der Waals surface area contributed by atoms with Crippen LogP contribution >= 0.6 is 23.8 Å². The molecule has 15 heteroatoms. The van der Waals surface area contributed by atoms with Gasteiger partial charge < -0.3 is 28.9 Å². The van der Waals surface area contributed by atoms with Crippen molar-refractivity contribution in [3.8, 4) is 5.75 Å². The Labute approximate surface area is 285 Å². The molecular weight excluding hydrogens is 607 g/mol. The average molecular weight is 633 g/mol. The molecule has 0 bridgehead atoms. The van der Waals surface area contributed by atoms with Gasteiger partial charge in [0.2, 0.25) is 5.88 Å². The molecular formula is C25H26ClKN4O7S2. The number of benzene rings is 1. The molecule has 40 heavy (non-hydrogen) atoms. The number of aliphatic hydroxyl groups is 1. The number of fused-ring (bicyclic) bond motifs is 1. The summed E-state index contributed by atoms with van der Waals surface area (Å²) in [6, 6.07) is 10.2. The van der Waals surface area contributed by atoms with Crippen molar-refractivity contribution < 1.29 is 83.7 Å². The molecule has 1 amide bonds. The summed E-state index contributed by atoms with van der Waals surface area (Å²) in [4.78, 5) is 22.4. The summed E-state index contributed by atoms with van der Waals surface area (Å²) >= 11 is 11.8. The van der Waals surface area contributed by atoms with E-state index in [1.807, 2.05) is 0 Å². The van der Waals surface area contributed by atoms with Gasteiger partial charge in [-0.1, -0.05) is 17.7 Å². The number of unbranched alkanes of at least 4 members (excludes halogenated alkanes) is 1. The van der Waals surface area contributed by atoms with Crippen LogP contribution in [0.1, 0.15) is 19.8 Å². The van der Waals surface area contributed by atoms with Crippen LogP contribution in [-0.4, -0.2) is 70.7 Å². The van der Waals surface area contributed by atoms with Crippen molar-refractivity contribution in [1.29, 1.82) is 0 Å². The molecule has 0 saturated carbocycles. The third-order valence-electron chi connectivity index (χ3n) is 5.79. The Kier molecular flexibility index (Phi) is 12.1. The molecule has 2 aromatic rings. The second-order valence-electron chi connectivity index (χ2n) is 8.62. The molecule has 0 spiro atoms. The first-order chi connectivity index (χ1) is 18.5. The van der Waals surface area contributed by atoms with Gasteiger partial charge in [0.25, 0.3) is 5.91 Å². The van der Waals surface area contributed by atoms with Crippen molar-refractivity contribution in [2.24, 2.45) is 0 Å². The SMILES string of the molecule is CC(O)OCCN1C(=S)N(c2ccccn2)C(=O)C1=CC=C1Oc2ccc(Cl)cc2N1CCCCS(=O)(=O)[O-].[K+]. The van der Waals surface area contributed by atoms with Crippen molar-refractivity contribution >= 4 is 56.5 Å². The number of carbonyl (C=O) groups is 1. The number of rotatable bonds is 11. The van der Waals surface area contributed by atoms with Gasteiger partial charge in [0, 0.05) is 36.1 Å². The first kappa shape index (κ1) is 33.1.